The van der Waals surface area contributed by atoms with E-state index in [-0.39, 0.29) is 11.7 Å². The van der Waals surface area contributed by atoms with Gasteiger partial charge in [-0.2, -0.15) is 0 Å². The zero-order chi connectivity index (χ0) is 24.0. The minimum absolute atomic E-state index is 0.105. The minimum Gasteiger partial charge on any atom is -0.382 e. The summed E-state index contributed by atoms with van der Waals surface area (Å²) in [5, 5.41) is 4.63. The number of aromatic amines is 1. The van der Waals surface area contributed by atoms with Gasteiger partial charge in [0.05, 0.1) is 21.2 Å². The van der Waals surface area contributed by atoms with Crippen LogP contribution < -0.4 is 16.7 Å². The van der Waals surface area contributed by atoms with Crippen LogP contribution in [0.5, 0.6) is 0 Å². The predicted octanol–water partition coefficient (Wildman–Crippen LogP) is 6.27. The van der Waals surface area contributed by atoms with Crippen molar-refractivity contribution in [2.45, 2.75) is 79.3 Å². The van der Waals surface area contributed by atoms with E-state index in [1.165, 1.54) is 0 Å². The molecule has 3 aromatic rings. The average molecular weight is 481 g/mol. The first-order valence-corrected chi connectivity index (χ1v) is 11.9. The molecule has 0 aromatic carbocycles. The summed E-state index contributed by atoms with van der Waals surface area (Å²) in [7, 11) is 0. The van der Waals surface area contributed by atoms with E-state index < -0.39 is 0 Å². The molecule has 4 N–H and O–H groups in total. The van der Waals surface area contributed by atoms with E-state index in [1.807, 2.05) is 13.8 Å². The number of hydrogen-bond donors (Lipinski definition) is 3. The second-order valence-corrected chi connectivity index (χ2v) is 8.66. The lowest BCUT2D eigenvalue weighted by atomic mass is 10.1. The summed E-state index contributed by atoms with van der Waals surface area (Å²) in [4.78, 5) is 23.0. The summed E-state index contributed by atoms with van der Waals surface area (Å²) in [5.41, 5.74) is 9.90. The SMILES string of the molecule is CCC(CC)Nc1c(N)ncc(Cl)c1C.CCC(CC)n1c(=O)[nH]c2ncc(Cl)c(C)c21. The van der Waals surface area contributed by atoms with Crippen molar-refractivity contribution in [2.24, 2.45) is 0 Å². The van der Waals surface area contributed by atoms with Gasteiger partial charge in [0.2, 0.25) is 0 Å². The van der Waals surface area contributed by atoms with E-state index in [0.29, 0.717) is 27.6 Å². The molecule has 0 spiro atoms. The van der Waals surface area contributed by atoms with E-state index in [4.69, 9.17) is 28.9 Å². The maximum atomic E-state index is 12.0. The van der Waals surface area contributed by atoms with Crippen LogP contribution in [0, 0.1) is 13.8 Å². The first-order valence-electron chi connectivity index (χ1n) is 11.1. The lowest BCUT2D eigenvalue weighted by Gasteiger charge is -2.19. The van der Waals surface area contributed by atoms with Crippen LogP contribution in [0.2, 0.25) is 10.0 Å². The highest BCUT2D eigenvalue weighted by atomic mass is 35.5. The number of nitrogens with one attached hydrogen (secondary N) is 2. The van der Waals surface area contributed by atoms with Gasteiger partial charge in [0.25, 0.3) is 0 Å². The van der Waals surface area contributed by atoms with Gasteiger partial charge < -0.3 is 11.1 Å². The quantitative estimate of drug-likeness (QED) is 0.369. The highest BCUT2D eigenvalue weighted by molar-refractivity contribution is 6.32. The monoisotopic (exact) mass is 480 g/mol. The molecular formula is C23H34Cl2N6O. The molecule has 0 aliphatic carbocycles. The molecular weight excluding hydrogens is 447 g/mol. The Morgan fingerprint density at radius 2 is 1.56 bits per heavy atom. The van der Waals surface area contributed by atoms with E-state index in [9.17, 15) is 4.79 Å². The predicted molar refractivity (Wildman–Crippen MR) is 136 cm³/mol. The first kappa shape index (κ1) is 26.0. The zero-order valence-corrected chi connectivity index (χ0v) is 21.2. The molecule has 3 heterocycles. The number of aromatic nitrogens is 4. The maximum absolute atomic E-state index is 12.0. The van der Waals surface area contributed by atoms with Crippen LogP contribution in [0.25, 0.3) is 11.2 Å². The summed E-state index contributed by atoms with van der Waals surface area (Å²) >= 11 is 12.1. The highest BCUT2D eigenvalue weighted by Gasteiger charge is 2.17. The Labute approximate surface area is 199 Å². The van der Waals surface area contributed by atoms with Crippen LogP contribution in [0.15, 0.2) is 17.2 Å². The fraction of sp³-hybridized carbons (Fsp3) is 0.522. The summed E-state index contributed by atoms with van der Waals surface area (Å²) in [6, 6.07) is 0.612. The fourth-order valence-electron chi connectivity index (χ4n) is 3.70. The maximum Gasteiger partial charge on any atom is 0.327 e. The number of fused-ring (bicyclic) bond motifs is 1. The molecule has 0 amide bonds. The van der Waals surface area contributed by atoms with Gasteiger partial charge in [-0.3, -0.25) is 9.55 Å². The Hall–Kier alpha value is -2.25. The average Bonchev–Trinajstić information content (AvgIpc) is 3.12. The molecule has 0 saturated carbocycles. The molecule has 0 bridgehead atoms. The van der Waals surface area contributed by atoms with Crippen molar-refractivity contribution in [2.75, 3.05) is 11.1 Å². The third-order valence-electron chi connectivity index (χ3n) is 5.88. The van der Waals surface area contributed by atoms with Crippen molar-refractivity contribution < 1.29 is 0 Å². The molecule has 0 aliphatic rings. The second-order valence-electron chi connectivity index (χ2n) is 7.85. The Kier molecular flexibility index (Phi) is 9.40. The van der Waals surface area contributed by atoms with Crippen LogP contribution in [0.3, 0.4) is 0 Å². The molecule has 0 atom stereocenters. The van der Waals surface area contributed by atoms with Gasteiger partial charge in [0.1, 0.15) is 5.82 Å². The van der Waals surface area contributed by atoms with E-state index in [0.717, 1.165) is 48.0 Å². The van der Waals surface area contributed by atoms with Crippen LogP contribution >= 0.6 is 23.2 Å². The topological polar surface area (TPSA) is 102 Å². The van der Waals surface area contributed by atoms with Gasteiger partial charge in [-0.25, -0.2) is 14.8 Å². The molecule has 7 nitrogen and oxygen atoms in total. The largest absolute Gasteiger partial charge is 0.382 e. The van der Waals surface area contributed by atoms with E-state index >= 15 is 0 Å². The molecule has 3 aromatic heterocycles. The number of H-pyrrole nitrogens is 1. The Morgan fingerprint density at radius 3 is 2.12 bits per heavy atom. The van der Waals surface area contributed by atoms with Crippen molar-refractivity contribution in [3.05, 3.63) is 44.1 Å². The van der Waals surface area contributed by atoms with Crippen LogP contribution in [-0.4, -0.2) is 25.6 Å². The normalized spacial score (nSPS) is 11.2. The Morgan fingerprint density at radius 1 is 1.00 bits per heavy atom. The fourth-order valence-corrected chi connectivity index (χ4v) is 3.98. The third kappa shape index (κ3) is 5.56. The van der Waals surface area contributed by atoms with Gasteiger partial charge in [-0.15, -0.1) is 0 Å². The highest BCUT2D eigenvalue weighted by Crippen LogP contribution is 2.28. The zero-order valence-electron chi connectivity index (χ0n) is 19.7. The number of halogens is 2. The number of nitrogen functional groups attached to an aromatic ring is 1. The number of aryl methyl sites for hydroxylation is 1. The lowest BCUT2D eigenvalue weighted by molar-refractivity contribution is 0.471. The van der Waals surface area contributed by atoms with Crippen molar-refractivity contribution in [1.82, 2.24) is 19.5 Å². The molecule has 0 saturated heterocycles. The van der Waals surface area contributed by atoms with E-state index in [1.54, 1.807) is 17.0 Å². The second kappa shape index (κ2) is 11.6. The van der Waals surface area contributed by atoms with Crippen molar-refractivity contribution in [3.8, 4) is 0 Å². The Balaban J connectivity index is 0.000000229. The summed E-state index contributed by atoms with van der Waals surface area (Å²) in [6.45, 7) is 12.3. The number of pyridine rings is 2. The van der Waals surface area contributed by atoms with Crippen LogP contribution in [0.1, 0.15) is 70.5 Å². The number of nitrogens with two attached hydrogens (primary N) is 1. The molecule has 0 fully saturated rings. The lowest BCUT2D eigenvalue weighted by Crippen LogP contribution is -2.21. The number of imidazole rings is 1. The number of hydrogen-bond acceptors (Lipinski definition) is 5. The number of rotatable bonds is 7. The molecule has 0 aliphatic heterocycles. The van der Waals surface area contributed by atoms with Gasteiger partial charge in [-0.05, 0) is 50.7 Å². The van der Waals surface area contributed by atoms with Gasteiger partial charge in [-0.1, -0.05) is 50.9 Å². The minimum atomic E-state index is -0.105. The molecule has 0 radical (unpaired) electrons. The Bertz CT molecular complexity index is 1100. The molecule has 32 heavy (non-hydrogen) atoms. The molecule has 3 rings (SSSR count). The molecule has 176 valence electrons. The van der Waals surface area contributed by atoms with Crippen molar-refractivity contribution >= 4 is 45.9 Å². The van der Waals surface area contributed by atoms with Crippen LogP contribution in [-0.2, 0) is 0 Å². The number of anilines is 2. The first-order chi connectivity index (χ1) is 15.2. The molecule has 0 unspecified atom stereocenters. The smallest absolute Gasteiger partial charge is 0.327 e. The standard InChI is InChI=1S/C12H16ClN3O.C11H18ClN3/c1-4-8(5-2)16-10-7(3)9(13)6-14-11(10)15-12(16)17;1-4-8(5-2)15-10-7(3)9(12)6-14-11(10)13/h6,8H,4-5H2,1-3H3,(H,14,15,17);6,8,15H,4-5H2,1-3H3,(H2,13,14). The third-order valence-corrected chi connectivity index (χ3v) is 6.64. The summed E-state index contributed by atoms with van der Waals surface area (Å²) < 4.78 is 1.78. The van der Waals surface area contributed by atoms with E-state index in [2.05, 4.69) is 48.0 Å². The number of nitrogens with zero attached hydrogens (tertiary/aromatic N) is 3. The van der Waals surface area contributed by atoms with Crippen molar-refractivity contribution in [3.63, 3.8) is 0 Å². The summed E-state index contributed by atoms with van der Waals surface area (Å²) in [6.07, 6.45) is 7.10. The van der Waals surface area contributed by atoms with Crippen molar-refractivity contribution in [1.29, 1.82) is 0 Å². The van der Waals surface area contributed by atoms with Crippen LogP contribution in [0.4, 0.5) is 11.5 Å². The van der Waals surface area contributed by atoms with Gasteiger partial charge >= 0.3 is 5.69 Å². The molecule has 9 heteroatoms. The van der Waals surface area contributed by atoms with Gasteiger partial charge in [0.15, 0.2) is 5.65 Å². The van der Waals surface area contributed by atoms with Gasteiger partial charge in [0, 0.05) is 24.5 Å². The summed E-state index contributed by atoms with van der Waals surface area (Å²) in [5.74, 6) is 0.517.